The summed E-state index contributed by atoms with van der Waals surface area (Å²) in [4.78, 5) is 26.9. The molecule has 4 N–H and O–H groups in total. The number of amides is 2. The number of hydrogen-bond donors (Lipinski definition) is 3. The first-order chi connectivity index (χ1) is 12.9. The molecule has 1 heterocycles. The van der Waals surface area contributed by atoms with E-state index in [0.29, 0.717) is 30.8 Å². The number of aryl methyl sites for hydroxylation is 2. The second-order valence-electron chi connectivity index (χ2n) is 6.58. The highest BCUT2D eigenvalue weighted by Crippen LogP contribution is 2.28. The first kappa shape index (κ1) is 18.4. The second-order valence-corrected chi connectivity index (χ2v) is 6.58. The molecule has 7 nitrogen and oxygen atoms in total. The summed E-state index contributed by atoms with van der Waals surface area (Å²) in [7, 11) is 0. The van der Waals surface area contributed by atoms with Gasteiger partial charge >= 0.3 is 12.0 Å². The molecule has 1 fully saturated rings. The third-order valence-corrected chi connectivity index (χ3v) is 4.62. The maximum Gasteiger partial charge on any atom is 0.329 e. The molecule has 0 spiro atoms. The number of carboxylic acids is 1. The van der Waals surface area contributed by atoms with E-state index in [4.69, 9.17) is 16.2 Å². The van der Waals surface area contributed by atoms with Gasteiger partial charge < -0.3 is 10.8 Å². The zero-order valence-corrected chi connectivity index (χ0v) is 15.1. The summed E-state index contributed by atoms with van der Waals surface area (Å²) in [5.41, 5.74) is 9.54. The van der Waals surface area contributed by atoms with Crippen LogP contribution < -0.4 is 15.5 Å². The molecular weight excluding hydrogens is 344 g/mol. The van der Waals surface area contributed by atoms with Crippen LogP contribution in [0.5, 0.6) is 0 Å². The normalized spacial score (nSPS) is 13.9. The largest absolute Gasteiger partial charge is 0.481 e. The Morgan fingerprint density at radius 3 is 2.44 bits per heavy atom. The van der Waals surface area contributed by atoms with Crippen molar-refractivity contribution in [2.75, 3.05) is 22.9 Å². The van der Waals surface area contributed by atoms with E-state index in [1.54, 1.807) is 9.80 Å². The number of nitrogens with one attached hydrogen (secondary N) is 1. The Hall–Kier alpha value is -3.35. The Morgan fingerprint density at radius 2 is 1.81 bits per heavy atom. The number of nitrogens with two attached hydrogens (primary N) is 1. The summed E-state index contributed by atoms with van der Waals surface area (Å²) < 4.78 is 0. The molecule has 0 aromatic heterocycles. The highest BCUT2D eigenvalue weighted by Gasteiger charge is 2.32. The molecule has 140 valence electrons. The zero-order chi connectivity index (χ0) is 19.6. The Labute approximate surface area is 157 Å². The highest BCUT2D eigenvalue weighted by atomic mass is 16.4. The average Bonchev–Trinajstić information content (AvgIpc) is 3.01. The van der Waals surface area contributed by atoms with Crippen LogP contribution in [-0.4, -0.2) is 36.0 Å². The van der Waals surface area contributed by atoms with Crippen molar-refractivity contribution in [2.45, 2.75) is 19.8 Å². The second kappa shape index (κ2) is 7.49. The molecule has 1 saturated heterocycles. The lowest BCUT2D eigenvalue weighted by Gasteiger charge is -2.21. The van der Waals surface area contributed by atoms with Crippen molar-refractivity contribution in [2.24, 2.45) is 5.73 Å². The molecule has 0 saturated carbocycles. The number of carbonyl (C=O) groups is 2. The van der Waals surface area contributed by atoms with E-state index >= 15 is 0 Å². The number of carboxylic acid groups (broad SMARTS) is 1. The number of nitrogens with zero attached hydrogens (tertiary/aromatic N) is 2. The number of hydrogen-bond acceptors (Lipinski definition) is 3. The molecule has 0 radical (unpaired) electrons. The van der Waals surface area contributed by atoms with Crippen LogP contribution in [0, 0.1) is 12.3 Å². The van der Waals surface area contributed by atoms with Gasteiger partial charge in [-0.15, -0.1) is 0 Å². The number of benzene rings is 2. The van der Waals surface area contributed by atoms with Gasteiger partial charge in [-0.05, 0) is 43.2 Å². The molecule has 0 atom stereocenters. The predicted molar refractivity (Wildman–Crippen MR) is 105 cm³/mol. The van der Waals surface area contributed by atoms with Crippen molar-refractivity contribution in [3.05, 3.63) is 59.2 Å². The van der Waals surface area contributed by atoms with Crippen LogP contribution in [0.2, 0.25) is 0 Å². The molecular formula is C20H22N4O3. The van der Waals surface area contributed by atoms with Crippen LogP contribution in [0.4, 0.5) is 16.2 Å². The van der Waals surface area contributed by atoms with Crippen molar-refractivity contribution >= 4 is 29.2 Å². The van der Waals surface area contributed by atoms with Crippen LogP contribution in [-0.2, 0) is 11.2 Å². The van der Waals surface area contributed by atoms with Gasteiger partial charge in [-0.3, -0.25) is 20.0 Å². The van der Waals surface area contributed by atoms with E-state index in [-0.39, 0.29) is 18.3 Å². The molecule has 0 bridgehead atoms. The summed E-state index contributed by atoms with van der Waals surface area (Å²) in [6.07, 6.45) is 0.540. The van der Waals surface area contributed by atoms with Crippen molar-refractivity contribution < 1.29 is 14.7 Å². The van der Waals surface area contributed by atoms with E-state index in [1.165, 1.54) is 0 Å². The Morgan fingerprint density at radius 1 is 1.15 bits per heavy atom. The van der Waals surface area contributed by atoms with Gasteiger partial charge in [-0.1, -0.05) is 23.8 Å². The lowest BCUT2D eigenvalue weighted by Crippen LogP contribution is -2.33. The van der Waals surface area contributed by atoms with Crippen LogP contribution in [0.1, 0.15) is 23.1 Å². The lowest BCUT2D eigenvalue weighted by molar-refractivity contribution is -0.136. The van der Waals surface area contributed by atoms with Crippen molar-refractivity contribution in [1.82, 2.24) is 0 Å². The van der Waals surface area contributed by atoms with Crippen LogP contribution in [0.15, 0.2) is 42.5 Å². The third-order valence-electron chi connectivity index (χ3n) is 4.62. The van der Waals surface area contributed by atoms with Gasteiger partial charge in [0.25, 0.3) is 0 Å². The molecule has 0 unspecified atom stereocenters. The number of rotatable bonds is 6. The van der Waals surface area contributed by atoms with Gasteiger partial charge in [0, 0.05) is 30.8 Å². The quantitative estimate of drug-likeness (QED) is 0.539. The number of carbonyl (C=O) groups excluding carboxylic acids is 1. The van der Waals surface area contributed by atoms with Crippen LogP contribution in [0.25, 0.3) is 0 Å². The molecule has 1 aliphatic heterocycles. The fourth-order valence-corrected chi connectivity index (χ4v) is 3.19. The molecule has 2 aromatic carbocycles. The molecule has 2 aromatic rings. The van der Waals surface area contributed by atoms with Crippen LogP contribution in [0.3, 0.4) is 0 Å². The number of nitrogen functional groups attached to an aromatic ring is 1. The fraction of sp³-hybridized carbons (Fsp3) is 0.250. The van der Waals surface area contributed by atoms with Crippen molar-refractivity contribution in [3.63, 3.8) is 0 Å². The van der Waals surface area contributed by atoms with E-state index in [0.717, 1.165) is 16.8 Å². The SMILES string of the molecule is Cc1ccc(N2CCN(c3ccc(CCC(=O)O)cc3)C2=O)c(C(=N)N)c1. The maximum absolute atomic E-state index is 12.9. The Bertz CT molecular complexity index is 893. The topological polar surface area (TPSA) is 111 Å². The highest BCUT2D eigenvalue weighted by molar-refractivity contribution is 6.10. The predicted octanol–water partition coefficient (Wildman–Crippen LogP) is 2.74. The number of anilines is 2. The Balaban J connectivity index is 1.79. The maximum atomic E-state index is 12.9. The molecule has 0 aliphatic carbocycles. The smallest absolute Gasteiger partial charge is 0.329 e. The van der Waals surface area contributed by atoms with Gasteiger partial charge in [0.15, 0.2) is 0 Å². The monoisotopic (exact) mass is 366 g/mol. The fourth-order valence-electron chi connectivity index (χ4n) is 3.19. The molecule has 1 aliphatic rings. The van der Waals surface area contributed by atoms with Gasteiger partial charge in [-0.2, -0.15) is 0 Å². The van der Waals surface area contributed by atoms with E-state index in [1.807, 2.05) is 49.4 Å². The van der Waals surface area contributed by atoms with Gasteiger partial charge in [0.1, 0.15) is 5.84 Å². The van der Waals surface area contributed by atoms with E-state index < -0.39 is 5.97 Å². The lowest BCUT2D eigenvalue weighted by atomic mass is 10.1. The van der Waals surface area contributed by atoms with E-state index in [9.17, 15) is 9.59 Å². The Kier molecular flexibility index (Phi) is 5.12. The minimum absolute atomic E-state index is 0.0669. The molecule has 7 heteroatoms. The van der Waals surface area contributed by atoms with Crippen LogP contribution >= 0.6 is 0 Å². The minimum Gasteiger partial charge on any atom is -0.481 e. The zero-order valence-electron chi connectivity index (χ0n) is 15.1. The summed E-state index contributed by atoms with van der Waals surface area (Å²) in [6.45, 7) is 2.95. The van der Waals surface area contributed by atoms with Crippen molar-refractivity contribution in [3.8, 4) is 0 Å². The summed E-state index contributed by atoms with van der Waals surface area (Å²) in [5, 5.41) is 16.6. The van der Waals surface area contributed by atoms with Gasteiger partial charge in [0.05, 0.1) is 5.69 Å². The number of amidine groups is 1. The standard InChI is InChI=1S/C20H22N4O3/c1-13-2-8-17(16(12-13)19(21)22)24-11-10-23(20(24)27)15-6-3-14(4-7-15)5-9-18(25)26/h2-4,6-8,12H,5,9-11H2,1H3,(H3,21,22)(H,25,26). The van der Waals surface area contributed by atoms with Crippen molar-refractivity contribution in [1.29, 1.82) is 5.41 Å². The van der Waals surface area contributed by atoms with Gasteiger partial charge in [0.2, 0.25) is 0 Å². The summed E-state index contributed by atoms with van der Waals surface area (Å²) >= 11 is 0. The summed E-state index contributed by atoms with van der Waals surface area (Å²) in [5.74, 6) is -0.897. The third kappa shape index (κ3) is 3.92. The minimum atomic E-state index is -0.830. The first-order valence-electron chi connectivity index (χ1n) is 8.71. The number of aliphatic carboxylic acids is 1. The molecule has 27 heavy (non-hydrogen) atoms. The molecule has 3 rings (SSSR count). The molecule has 2 amide bonds. The summed E-state index contributed by atoms with van der Waals surface area (Å²) in [6, 6.07) is 12.7. The average molecular weight is 366 g/mol. The first-order valence-corrected chi connectivity index (χ1v) is 8.71. The van der Waals surface area contributed by atoms with Gasteiger partial charge in [-0.25, -0.2) is 4.79 Å². The van der Waals surface area contributed by atoms with E-state index in [2.05, 4.69) is 0 Å². The number of urea groups is 1.